The molecule has 0 atom stereocenters. The van der Waals surface area contributed by atoms with E-state index < -0.39 is 0 Å². The summed E-state index contributed by atoms with van der Waals surface area (Å²) in [6, 6.07) is 9.84. The molecule has 0 saturated heterocycles. The zero-order valence-electron chi connectivity index (χ0n) is 9.90. The van der Waals surface area contributed by atoms with Crippen LogP contribution in [0.4, 0.5) is 0 Å². The highest BCUT2D eigenvalue weighted by atomic mass is 35.5. The summed E-state index contributed by atoms with van der Waals surface area (Å²) in [6.07, 6.45) is 0. The van der Waals surface area contributed by atoms with Gasteiger partial charge >= 0.3 is 0 Å². The Bertz CT molecular complexity index is 552. The number of rotatable bonds is 3. The third kappa shape index (κ3) is 2.99. The van der Waals surface area contributed by atoms with Crippen LogP contribution in [0.15, 0.2) is 30.3 Å². The molecule has 0 unspecified atom stereocenters. The molecule has 0 bridgehead atoms. The molecule has 0 fully saturated rings. The summed E-state index contributed by atoms with van der Waals surface area (Å²) in [4.78, 5) is 0. The molecule has 0 amide bonds. The molecule has 1 aromatic heterocycles. The third-order valence-corrected chi connectivity index (χ3v) is 3.28. The lowest BCUT2D eigenvalue weighted by Gasteiger charge is -2.05. The summed E-state index contributed by atoms with van der Waals surface area (Å²) < 4.78 is 2.82. The van der Waals surface area contributed by atoms with Crippen LogP contribution in [0.5, 0.6) is 0 Å². The van der Waals surface area contributed by atoms with Crippen LogP contribution >= 0.6 is 23.8 Å². The van der Waals surface area contributed by atoms with Crippen LogP contribution in [-0.4, -0.2) is 9.78 Å². The molecule has 0 radical (unpaired) electrons. The van der Waals surface area contributed by atoms with E-state index in [1.54, 1.807) is 0 Å². The van der Waals surface area contributed by atoms with Gasteiger partial charge in [0.1, 0.15) is 4.64 Å². The Morgan fingerprint density at radius 3 is 2.47 bits per heavy atom. The van der Waals surface area contributed by atoms with Crippen molar-refractivity contribution in [2.75, 3.05) is 0 Å². The summed E-state index contributed by atoms with van der Waals surface area (Å²) in [5.74, 6) is 0.461. The van der Waals surface area contributed by atoms with Crippen molar-refractivity contribution in [1.29, 1.82) is 0 Å². The van der Waals surface area contributed by atoms with Gasteiger partial charge in [-0.2, -0.15) is 0 Å². The molecule has 17 heavy (non-hydrogen) atoms. The van der Waals surface area contributed by atoms with Crippen molar-refractivity contribution in [3.8, 4) is 0 Å². The van der Waals surface area contributed by atoms with Gasteiger partial charge in [0.15, 0.2) is 0 Å². The van der Waals surface area contributed by atoms with Crippen molar-refractivity contribution in [3.63, 3.8) is 0 Å². The molecule has 0 aliphatic rings. The van der Waals surface area contributed by atoms with Crippen LogP contribution in [0.25, 0.3) is 0 Å². The van der Waals surface area contributed by atoms with Crippen LogP contribution in [-0.2, 0) is 6.54 Å². The normalized spacial score (nSPS) is 11.1. The van der Waals surface area contributed by atoms with E-state index in [-0.39, 0.29) is 0 Å². The second-order valence-corrected chi connectivity index (χ2v) is 5.27. The van der Waals surface area contributed by atoms with Crippen LogP contribution in [0.2, 0.25) is 5.02 Å². The number of nitrogens with zero attached hydrogens (tertiary/aromatic N) is 1. The number of aromatic nitrogens is 2. The maximum atomic E-state index is 5.86. The fourth-order valence-corrected chi connectivity index (χ4v) is 2.00. The SMILES string of the molecule is CC(C)c1cc(=S)n(Cc2ccc(Cl)cc2)[nH]1. The monoisotopic (exact) mass is 266 g/mol. The van der Waals surface area contributed by atoms with E-state index in [1.807, 2.05) is 35.0 Å². The van der Waals surface area contributed by atoms with Gasteiger partial charge in [-0.05, 0) is 29.7 Å². The Morgan fingerprint density at radius 1 is 1.29 bits per heavy atom. The largest absolute Gasteiger partial charge is 0.301 e. The average molecular weight is 267 g/mol. The molecule has 90 valence electrons. The molecule has 2 rings (SSSR count). The number of hydrogen-bond acceptors (Lipinski definition) is 1. The van der Waals surface area contributed by atoms with Gasteiger partial charge in [-0.1, -0.05) is 49.8 Å². The fourth-order valence-electron chi connectivity index (χ4n) is 1.64. The van der Waals surface area contributed by atoms with Crippen molar-refractivity contribution < 1.29 is 0 Å². The first kappa shape index (κ1) is 12.4. The first-order chi connectivity index (χ1) is 8.06. The van der Waals surface area contributed by atoms with Crippen LogP contribution < -0.4 is 0 Å². The lowest BCUT2D eigenvalue weighted by atomic mass is 10.1. The minimum atomic E-state index is 0.461. The van der Waals surface area contributed by atoms with Gasteiger partial charge in [-0.15, -0.1) is 0 Å². The van der Waals surface area contributed by atoms with Gasteiger partial charge in [0.05, 0.1) is 6.54 Å². The Morgan fingerprint density at radius 2 is 1.94 bits per heavy atom. The van der Waals surface area contributed by atoms with Crippen molar-refractivity contribution in [2.24, 2.45) is 0 Å². The van der Waals surface area contributed by atoms with Crippen molar-refractivity contribution in [2.45, 2.75) is 26.3 Å². The first-order valence-electron chi connectivity index (χ1n) is 5.60. The summed E-state index contributed by atoms with van der Waals surface area (Å²) in [5.41, 5.74) is 2.35. The quantitative estimate of drug-likeness (QED) is 0.818. The number of benzene rings is 1. The third-order valence-electron chi connectivity index (χ3n) is 2.69. The highest BCUT2D eigenvalue weighted by Gasteiger charge is 2.04. The molecule has 0 saturated carbocycles. The van der Waals surface area contributed by atoms with Crippen LogP contribution in [0.1, 0.15) is 31.0 Å². The number of hydrogen-bond donors (Lipinski definition) is 1. The second kappa shape index (κ2) is 5.07. The Hall–Kier alpha value is -1.06. The van der Waals surface area contributed by atoms with Crippen LogP contribution in [0.3, 0.4) is 0 Å². The van der Waals surface area contributed by atoms with Gasteiger partial charge in [0.25, 0.3) is 0 Å². The van der Waals surface area contributed by atoms with E-state index in [4.69, 9.17) is 23.8 Å². The molecule has 0 spiro atoms. The summed E-state index contributed by atoms with van der Waals surface area (Å²) >= 11 is 11.2. The second-order valence-electron chi connectivity index (χ2n) is 4.42. The smallest absolute Gasteiger partial charge is 0.122 e. The minimum Gasteiger partial charge on any atom is -0.301 e. The van der Waals surface area contributed by atoms with Crippen molar-refractivity contribution >= 4 is 23.8 Å². The maximum absolute atomic E-state index is 5.86. The van der Waals surface area contributed by atoms with Crippen LogP contribution in [0, 0.1) is 4.64 Å². The van der Waals surface area contributed by atoms with E-state index in [0.717, 1.165) is 16.2 Å². The molecule has 4 heteroatoms. The van der Waals surface area contributed by atoms with Crippen molar-refractivity contribution in [3.05, 3.63) is 51.3 Å². The first-order valence-corrected chi connectivity index (χ1v) is 6.39. The number of nitrogens with one attached hydrogen (secondary N) is 1. The molecule has 0 aliphatic carbocycles. The van der Waals surface area contributed by atoms with Gasteiger partial charge < -0.3 is 5.10 Å². The molecule has 2 nitrogen and oxygen atoms in total. The molecule has 1 heterocycles. The topological polar surface area (TPSA) is 20.7 Å². The lowest BCUT2D eigenvalue weighted by molar-refractivity contribution is 0.651. The predicted molar refractivity (Wildman–Crippen MR) is 74.3 cm³/mol. The fraction of sp³-hybridized carbons (Fsp3) is 0.308. The minimum absolute atomic E-state index is 0.461. The van der Waals surface area contributed by atoms with E-state index in [9.17, 15) is 0 Å². The molecule has 2 aromatic rings. The number of aromatic amines is 1. The maximum Gasteiger partial charge on any atom is 0.122 e. The molecule has 1 N–H and O–H groups in total. The highest BCUT2D eigenvalue weighted by Crippen LogP contribution is 2.14. The molecular formula is C13H15ClN2S. The molecule has 1 aromatic carbocycles. The van der Waals surface area contributed by atoms with E-state index in [2.05, 4.69) is 18.9 Å². The standard InChI is InChI=1S/C13H15ClN2S/c1-9(2)12-7-13(17)16(15-12)8-10-3-5-11(14)6-4-10/h3-7,9,15H,8H2,1-2H3. The van der Waals surface area contributed by atoms with E-state index in [0.29, 0.717) is 5.92 Å². The van der Waals surface area contributed by atoms with Gasteiger partial charge in [0.2, 0.25) is 0 Å². The summed E-state index contributed by atoms with van der Waals surface area (Å²) in [7, 11) is 0. The Labute approximate surface area is 111 Å². The zero-order chi connectivity index (χ0) is 12.4. The Kier molecular flexibility index (Phi) is 3.69. The summed E-state index contributed by atoms with van der Waals surface area (Å²) in [6.45, 7) is 5.04. The number of halogens is 1. The molecule has 0 aliphatic heterocycles. The summed E-state index contributed by atoms with van der Waals surface area (Å²) in [5, 5.41) is 4.08. The van der Waals surface area contributed by atoms with Gasteiger partial charge in [-0.3, -0.25) is 4.68 Å². The highest BCUT2D eigenvalue weighted by molar-refractivity contribution is 7.71. The Balaban J connectivity index is 2.24. The van der Waals surface area contributed by atoms with E-state index in [1.165, 1.54) is 11.3 Å². The molecular weight excluding hydrogens is 252 g/mol. The van der Waals surface area contributed by atoms with E-state index >= 15 is 0 Å². The number of H-pyrrole nitrogens is 1. The lowest BCUT2D eigenvalue weighted by Crippen LogP contribution is -2.02. The van der Waals surface area contributed by atoms with Gasteiger partial charge in [0, 0.05) is 10.7 Å². The van der Waals surface area contributed by atoms with Crippen molar-refractivity contribution in [1.82, 2.24) is 9.78 Å². The van der Waals surface area contributed by atoms with Gasteiger partial charge in [-0.25, -0.2) is 0 Å². The zero-order valence-corrected chi connectivity index (χ0v) is 11.5. The predicted octanol–water partition coefficient (Wildman–Crippen LogP) is 4.37. The average Bonchev–Trinajstić information content (AvgIpc) is 2.64.